The predicted octanol–water partition coefficient (Wildman–Crippen LogP) is 3.00. The van der Waals surface area contributed by atoms with Gasteiger partial charge in [-0.05, 0) is 24.3 Å². The Hall–Kier alpha value is -3.81. The highest BCUT2D eigenvalue weighted by atomic mass is 16.5. The van der Waals surface area contributed by atoms with Gasteiger partial charge in [0.15, 0.2) is 12.4 Å². The van der Waals surface area contributed by atoms with Crippen molar-refractivity contribution in [3.8, 4) is 11.3 Å². The zero-order valence-corrected chi connectivity index (χ0v) is 17.6. The maximum Gasteiger partial charge on any atom is 0.306 e. The van der Waals surface area contributed by atoms with Gasteiger partial charge in [-0.3, -0.25) is 14.4 Å². The maximum atomic E-state index is 12.4. The van der Waals surface area contributed by atoms with E-state index >= 15 is 0 Å². The van der Waals surface area contributed by atoms with Crippen molar-refractivity contribution < 1.29 is 28.0 Å². The van der Waals surface area contributed by atoms with E-state index in [1.165, 1.54) is 6.26 Å². The van der Waals surface area contributed by atoms with Gasteiger partial charge in [-0.1, -0.05) is 30.3 Å². The molecule has 2 amide bonds. The average Bonchev–Trinajstić information content (AvgIpc) is 3.54. The standard InChI is InChI=1S/C24H24N2O6/c27-22(25-12-14-26(15-13-25)24(29)21-7-4-16-30-21)17-31-23(28)11-9-19-8-10-20(32-19)18-5-2-1-3-6-18/h1-8,10,16H,9,11-15,17H2. The smallest absolute Gasteiger partial charge is 0.306 e. The summed E-state index contributed by atoms with van der Waals surface area (Å²) < 4.78 is 16.0. The van der Waals surface area contributed by atoms with Crippen LogP contribution in [0.3, 0.4) is 0 Å². The molecule has 8 nitrogen and oxygen atoms in total. The molecule has 32 heavy (non-hydrogen) atoms. The summed E-state index contributed by atoms with van der Waals surface area (Å²) in [6, 6.07) is 16.7. The lowest BCUT2D eigenvalue weighted by Gasteiger charge is -2.34. The molecule has 8 heteroatoms. The second-order valence-corrected chi connectivity index (χ2v) is 7.44. The third-order valence-electron chi connectivity index (χ3n) is 5.30. The highest BCUT2D eigenvalue weighted by molar-refractivity contribution is 5.91. The Bertz CT molecular complexity index is 1050. The number of aryl methyl sites for hydroxylation is 1. The molecule has 4 rings (SSSR count). The van der Waals surface area contributed by atoms with Gasteiger partial charge < -0.3 is 23.4 Å². The second kappa shape index (κ2) is 10.00. The maximum absolute atomic E-state index is 12.4. The number of furan rings is 2. The Morgan fingerprint density at radius 3 is 2.34 bits per heavy atom. The van der Waals surface area contributed by atoms with Gasteiger partial charge in [0.2, 0.25) is 0 Å². The number of piperazine rings is 1. The van der Waals surface area contributed by atoms with Gasteiger partial charge in [-0.2, -0.15) is 0 Å². The molecule has 1 fully saturated rings. The molecule has 0 bridgehead atoms. The van der Waals surface area contributed by atoms with Crippen LogP contribution in [-0.4, -0.2) is 60.4 Å². The van der Waals surface area contributed by atoms with Crippen LogP contribution < -0.4 is 0 Å². The Morgan fingerprint density at radius 1 is 0.875 bits per heavy atom. The van der Waals surface area contributed by atoms with E-state index in [0.717, 1.165) is 11.3 Å². The normalized spacial score (nSPS) is 13.8. The van der Waals surface area contributed by atoms with Crippen LogP contribution in [0.2, 0.25) is 0 Å². The number of nitrogens with zero attached hydrogens (tertiary/aromatic N) is 2. The van der Waals surface area contributed by atoms with E-state index in [1.54, 1.807) is 21.9 Å². The topological polar surface area (TPSA) is 93.2 Å². The highest BCUT2D eigenvalue weighted by Gasteiger charge is 2.26. The molecule has 166 valence electrons. The van der Waals surface area contributed by atoms with Crippen LogP contribution in [0, 0.1) is 0 Å². The Labute approximate surface area is 185 Å². The van der Waals surface area contributed by atoms with Gasteiger partial charge in [-0.25, -0.2) is 0 Å². The lowest BCUT2D eigenvalue weighted by Crippen LogP contribution is -2.51. The van der Waals surface area contributed by atoms with Crippen molar-refractivity contribution in [1.82, 2.24) is 9.80 Å². The first-order valence-electron chi connectivity index (χ1n) is 10.5. The third-order valence-corrected chi connectivity index (χ3v) is 5.30. The first-order chi connectivity index (χ1) is 15.6. The molecule has 1 aliphatic rings. The fraction of sp³-hybridized carbons (Fsp3) is 0.292. The van der Waals surface area contributed by atoms with Gasteiger partial charge in [0, 0.05) is 38.2 Å². The lowest BCUT2D eigenvalue weighted by atomic mass is 10.2. The second-order valence-electron chi connectivity index (χ2n) is 7.44. The molecule has 0 radical (unpaired) electrons. The monoisotopic (exact) mass is 436 g/mol. The number of amides is 2. The van der Waals surface area contributed by atoms with Gasteiger partial charge in [-0.15, -0.1) is 0 Å². The number of rotatable bonds is 7. The summed E-state index contributed by atoms with van der Waals surface area (Å²) in [6.45, 7) is 1.27. The molecule has 0 N–H and O–H groups in total. The first-order valence-corrected chi connectivity index (χ1v) is 10.5. The van der Waals surface area contributed by atoms with Crippen molar-refractivity contribution in [3.05, 3.63) is 72.4 Å². The molecule has 0 unspecified atom stereocenters. The highest BCUT2D eigenvalue weighted by Crippen LogP contribution is 2.22. The molecule has 3 aromatic rings. The molecule has 1 aromatic carbocycles. The number of hydrogen-bond donors (Lipinski definition) is 0. The van der Waals surface area contributed by atoms with Crippen molar-refractivity contribution >= 4 is 17.8 Å². The van der Waals surface area contributed by atoms with Gasteiger partial charge >= 0.3 is 5.97 Å². The van der Waals surface area contributed by atoms with Crippen molar-refractivity contribution in [1.29, 1.82) is 0 Å². The fourth-order valence-electron chi connectivity index (χ4n) is 3.52. The van der Waals surface area contributed by atoms with Crippen LogP contribution in [0.5, 0.6) is 0 Å². The van der Waals surface area contributed by atoms with E-state index in [9.17, 15) is 14.4 Å². The van der Waals surface area contributed by atoms with E-state index in [4.69, 9.17) is 13.6 Å². The molecule has 1 saturated heterocycles. The molecule has 0 aliphatic carbocycles. The van der Waals surface area contributed by atoms with Crippen LogP contribution in [0.15, 0.2) is 69.7 Å². The minimum Gasteiger partial charge on any atom is -0.461 e. The summed E-state index contributed by atoms with van der Waals surface area (Å²) in [4.78, 5) is 39.9. The Morgan fingerprint density at radius 2 is 1.62 bits per heavy atom. The molecule has 1 aliphatic heterocycles. The van der Waals surface area contributed by atoms with Crippen molar-refractivity contribution in [2.24, 2.45) is 0 Å². The first kappa shape index (κ1) is 21.4. The van der Waals surface area contributed by atoms with E-state index in [0.29, 0.717) is 38.4 Å². The minimum absolute atomic E-state index is 0.125. The minimum atomic E-state index is -0.456. The summed E-state index contributed by atoms with van der Waals surface area (Å²) in [5.74, 6) is 0.793. The van der Waals surface area contributed by atoms with E-state index < -0.39 is 5.97 Å². The number of esters is 1. The van der Waals surface area contributed by atoms with Crippen molar-refractivity contribution in [2.75, 3.05) is 32.8 Å². The SMILES string of the molecule is O=C(CCc1ccc(-c2ccccc2)o1)OCC(=O)N1CCN(C(=O)c2ccco2)CC1. The molecular formula is C24H24N2O6. The van der Waals surface area contributed by atoms with Crippen molar-refractivity contribution in [3.63, 3.8) is 0 Å². The molecule has 0 atom stereocenters. The number of hydrogen-bond acceptors (Lipinski definition) is 6. The average molecular weight is 436 g/mol. The third kappa shape index (κ3) is 5.26. The van der Waals surface area contributed by atoms with E-state index in [1.807, 2.05) is 42.5 Å². The fourth-order valence-corrected chi connectivity index (χ4v) is 3.52. The van der Waals surface area contributed by atoms with Crippen molar-refractivity contribution in [2.45, 2.75) is 12.8 Å². The summed E-state index contributed by atoms with van der Waals surface area (Å²) >= 11 is 0. The van der Waals surface area contributed by atoms with Gasteiger partial charge in [0.1, 0.15) is 11.5 Å². The molecule has 2 aromatic heterocycles. The van der Waals surface area contributed by atoms with Gasteiger partial charge in [0.05, 0.1) is 12.7 Å². The van der Waals surface area contributed by atoms with Crippen LogP contribution in [0.25, 0.3) is 11.3 Å². The van der Waals surface area contributed by atoms with Crippen LogP contribution in [-0.2, 0) is 20.7 Å². The van der Waals surface area contributed by atoms with Gasteiger partial charge in [0.25, 0.3) is 11.8 Å². The number of carbonyl (C=O) groups excluding carboxylic acids is 3. The summed E-state index contributed by atoms with van der Waals surface area (Å²) in [7, 11) is 0. The van der Waals surface area contributed by atoms with E-state index in [2.05, 4.69) is 0 Å². The summed E-state index contributed by atoms with van der Waals surface area (Å²) in [5, 5.41) is 0. The molecular weight excluding hydrogens is 412 g/mol. The quantitative estimate of drug-likeness (QED) is 0.529. The molecule has 0 spiro atoms. The number of carbonyl (C=O) groups is 3. The number of ether oxygens (including phenoxy) is 1. The van der Waals surface area contributed by atoms with Crippen LogP contribution in [0.1, 0.15) is 22.7 Å². The largest absolute Gasteiger partial charge is 0.461 e. The number of benzene rings is 1. The Balaban J connectivity index is 1.17. The van der Waals surface area contributed by atoms with Crippen LogP contribution in [0.4, 0.5) is 0 Å². The van der Waals surface area contributed by atoms with Crippen LogP contribution >= 0.6 is 0 Å². The zero-order chi connectivity index (χ0) is 22.3. The summed E-state index contributed by atoms with van der Waals surface area (Å²) in [5.41, 5.74) is 0.970. The molecule has 3 heterocycles. The van der Waals surface area contributed by atoms with E-state index in [-0.39, 0.29) is 30.6 Å². The lowest BCUT2D eigenvalue weighted by molar-refractivity contribution is -0.152. The molecule has 0 saturated carbocycles. The zero-order valence-electron chi connectivity index (χ0n) is 17.6. The predicted molar refractivity (Wildman–Crippen MR) is 115 cm³/mol. The Kier molecular flexibility index (Phi) is 6.69. The summed E-state index contributed by atoms with van der Waals surface area (Å²) in [6.07, 6.45) is 1.98.